The van der Waals surface area contributed by atoms with E-state index in [0.29, 0.717) is 12.8 Å². The number of carbonyl (C=O) groups excluding carboxylic acids is 2. The molecule has 0 aromatic rings. The topological polar surface area (TPSA) is 52.6 Å². The summed E-state index contributed by atoms with van der Waals surface area (Å²) in [6.07, 6.45) is 4.53. The summed E-state index contributed by atoms with van der Waals surface area (Å²) in [7, 11) is -0.892. The van der Waals surface area contributed by atoms with Crippen LogP contribution < -0.4 is 0 Å². The Morgan fingerprint density at radius 1 is 1.12 bits per heavy atom. The average molecular weight is 244 g/mol. The molecule has 0 aromatic carbocycles. The molecular weight excluding hydrogens is 224 g/mol. The molecule has 0 spiro atoms. The molecule has 0 bridgehead atoms. The van der Waals surface area contributed by atoms with Crippen molar-refractivity contribution in [2.24, 2.45) is 0 Å². The maximum Gasteiger partial charge on any atom is 0.331 e. The molecule has 0 saturated heterocycles. The fraction of sp³-hybridized carbons (Fsp3) is 0.636. The molecule has 0 amide bonds. The maximum atomic E-state index is 11.1. The van der Waals surface area contributed by atoms with Crippen molar-refractivity contribution in [2.45, 2.75) is 32.9 Å². The summed E-state index contributed by atoms with van der Waals surface area (Å²) in [5.74, 6) is -0.971. The lowest BCUT2D eigenvalue weighted by Crippen LogP contribution is -2.15. The van der Waals surface area contributed by atoms with Crippen molar-refractivity contribution >= 4 is 20.7 Å². The smallest absolute Gasteiger partial charge is 0.331 e. The fourth-order valence-electron chi connectivity index (χ4n) is 0.798. The molecule has 0 saturated carbocycles. The van der Waals surface area contributed by atoms with Gasteiger partial charge >= 0.3 is 11.9 Å². The van der Waals surface area contributed by atoms with Gasteiger partial charge in [-0.1, -0.05) is 26.4 Å². The third-order valence-corrected chi connectivity index (χ3v) is 2.49. The zero-order valence-corrected chi connectivity index (χ0v) is 11.3. The van der Waals surface area contributed by atoms with Crippen LogP contribution in [0.25, 0.3) is 0 Å². The fourth-order valence-corrected chi connectivity index (χ4v) is 1.30. The summed E-state index contributed by atoms with van der Waals surface area (Å²) in [4.78, 5) is 22.1. The summed E-state index contributed by atoms with van der Waals surface area (Å²) in [6.45, 7) is 6.57. The van der Waals surface area contributed by atoms with Gasteiger partial charge in [0.2, 0.25) is 0 Å². The second kappa shape index (κ2) is 9.15. The number of ether oxygens (including phenoxy) is 2. The highest BCUT2D eigenvalue weighted by Crippen LogP contribution is 1.91. The zero-order valence-electron chi connectivity index (χ0n) is 10.2. The summed E-state index contributed by atoms with van der Waals surface area (Å²) in [5, 5.41) is 0. The Morgan fingerprint density at radius 2 is 1.69 bits per heavy atom. The molecule has 0 aromatic heterocycles. The highest BCUT2D eigenvalue weighted by Gasteiger charge is 2.02. The van der Waals surface area contributed by atoms with Crippen molar-refractivity contribution in [3.05, 3.63) is 12.2 Å². The van der Waals surface area contributed by atoms with E-state index in [0.717, 1.165) is 25.0 Å². The second-order valence-electron chi connectivity index (χ2n) is 3.88. The summed E-state index contributed by atoms with van der Waals surface area (Å²) >= 11 is 0. The lowest BCUT2D eigenvalue weighted by Gasteiger charge is -2.02. The first-order valence-corrected chi connectivity index (χ1v) is 8.70. The monoisotopic (exact) mass is 244 g/mol. The third kappa shape index (κ3) is 9.45. The Balaban J connectivity index is 3.71. The Hall–Kier alpha value is -1.10. The normalized spacial score (nSPS) is 10.8. The third-order valence-electron chi connectivity index (χ3n) is 1.66. The van der Waals surface area contributed by atoms with Gasteiger partial charge in [0.05, 0.1) is 21.6 Å². The van der Waals surface area contributed by atoms with Crippen LogP contribution in [0.15, 0.2) is 12.2 Å². The van der Waals surface area contributed by atoms with E-state index in [9.17, 15) is 9.59 Å². The standard InChI is InChI=1S/C11H20O4Si/c1-4-5-8-14-10(12)6-7-11(13)15-9-16(2)3/h6-7,16H,4-5,8-9H2,1-3H3/b7-6-. The summed E-state index contributed by atoms with van der Waals surface area (Å²) in [6, 6.07) is 0. The molecule has 0 aliphatic heterocycles. The van der Waals surface area contributed by atoms with E-state index in [1.54, 1.807) is 0 Å². The second-order valence-corrected chi connectivity index (χ2v) is 7.00. The first-order valence-electron chi connectivity index (χ1n) is 5.57. The van der Waals surface area contributed by atoms with Crippen molar-refractivity contribution < 1.29 is 19.1 Å². The van der Waals surface area contributed by atoms with Crippen LogP contribution >= 0.6 is 0 Å². The highest BCUT2D eigenvalue weighted by atomic mass is 28.3. The molecule has 0 rings (SSSR count). The SMILES string of the molecule is CCCCOC(=O)/C=C\C(=O)OC[SiH](C)C. The molecule has 0 radical (unpaired) electrons. The van der Waals surface area contributed by atoms with Gasteiger partial charge in [0.1, 0.15) is 0 Å². The van der Waals surface area contributed by atoms with E-state index in [1.807, 2.05) is 6.92 Å². The molecule has 92 valence electrons. The van der Waals surface area contributed by atoms with Gasteiger partial charge in [-0.2, -0.15) is 0 Å². The van der Waals surface area contributed by atoms with Gasteiger partial charge in [-0.25, -0.2) is 9.59 Å². The quantitative estimate of drug-likeness (QED) is 0.294. The highest BCUT2D eigenvalue weighted by molar-refractivity contribution is 6.55. The van der Waals surface area contributed by atoms with Crippen LogP contribution in [0, 0.1) is 0 Å². The molecule has 5 heteroatoms. The maximum absolute atomic E-state index is 11.1. The van der Waals surface area contributed by atoms with Gasteiger partial charge in [-0.05, 0) is 6.42 Å². The van der Waals surface area contributed by atoms with Crippen LogP contribution in [0.3, 0.4) is 0 Å². The average Bonchev–Trinajstić information content (AvgIpc) is 2.24. The van der Waals surface area contributed by atoms with Gasteiger partial charge < -0.3 is 9.47 Å². The number of rotatable bonds is 7. The number of hydrogen-bond acceptors (Lipinski definition) is 4. The van der Waals surface area contributed by atoms with Crippen LogP contribution in [-0.4, -0.2) is 33.6 Å². The van der Waals surface area contributed by atoms with E-state index in [2.05, 4.69) is 13.1 Å². The minimum atomic E-state index is -0.892. The minimum Gasteiger partial charge on any atom is -0.467 e. The Labute approximate surface area is 98.2 Å². The molecule has 0 fully saturated rings. The predicted octanol–water partition coefficient (Wildman–Crippen LogP) is 1.45. The molecule has 0 atom stereocenters. The lowest BCUT2D eigenvalue weighted by atomic mass is 10.4. The van der Waals surface area contributed by atoms with Crippen LogP contribution in [0.5, 0.6) is 0 Å². The van der Waals surface area contributed by atoms with E-state index in [-0.39, 0.29) is 0 Å². The zero-order chi connectivity index (χ0) is 12.4. The van der Waals surface area contributed by atoms with Crippen molar-refractivity contribution in [3.8, 4) is 0 Å². The van der Waals surface area contributed by atoms with E-state index in [4.69, 9.17) is 9.47 Å². The van der Waals surface area contributed by atoms with Gasteiger partial charge in [0, 0.05) is 12.2 Å². The van der Waals surface area contributed by atoms with Crippen molar-refractivity contribution in [1.82, 2.24) is 0 Å². The van der Waals surface area contributed by atoms with Gasteiger partial charge in [-0.15, -0.1) is 0 Å². The largest absolute Gasteiger partial charge is 0.467 e. The molecule has 0 N–H and O–H groups in total. The Morgan fingerprint density at radius 3 is 2.19 bits per heavy atom. The van der Waals surface area contributed by atoms with Crippen LogP contribution in [0.1, 0.15) is 19.8 Å². The summed E-state index contributed by atoms with van der Waals surface area (Å²) in [5.41, 5.74) is 0. The van der Waals surface area contributed by atoms with Crippen LogP contribution in [-0.2, 0) is 19.1 Å². The summed E-state index contributed by atoms with van der Waals surface area (Å²) < 4.78 is 9.74. The van der Waals surface area contributed by atoms with E-state index in [1.165, 1.54) is 0 Å². The lowest BCUT2D eigenvalue weighted by molar-refractivity contribution is -0.139. The van der Waals surface area contributed by atoms with Crippen LogP contribution in [0.4, 0.5) is 0 Å². The first-order chi connectivity index (χ1) is 7.56. The number of unbranched alkanes of at least 4 members (excludes halogenated alkanes) is 1. The van der Waals surface area contributed by atoms with Crippen molar-refractivity contribution in [3.63, 3.8) is 0 Å². The van der Waals surface area contributed by atoms with E-state index >= 15 is 0 Å². The molecular formula is C11H20O4Si. The predicted molar refractivity (Wildman–Crippen MR) is 64.8 cm³/mol. The van der Waals surface area contributed by atoms with Gasteiger partial charge in [-0.3, -0.25) is 0 Å². The molecule has 4 nitrogen and oxygen atoms in total. The Kier molecular flexibility index (Phi) is 8.52. The van der Waals surface area contributed by atoms with Crippen molar-refractivity contribution in [2.75, 3.05) is 12.8 Å². The van der Waals surface area contributed by atoms with Gasteiger partial charge in [0.25, 0.3) is 0 Å². The van der Waals surface area contributed by atoms with Crippen LogP contribution in [0.2, 0.25) is 13.1 Å². The number of hydrogen-bond donors (Lipinski definition) is 0. The molecule has 0 aliphatic rings. The Bertz CT molecular complexity index is 248. The molecule has 0 unspecified atom stereocenters. The number of carbonyl (C=O) groups is 2. The molecule has 0 heterocycles. The molecule has 16 heavy (non-hydrogen) atoms. The minimum absolute atomic E-state index is 0.396. The first kappa shape index (κ1) is 14.9. The molecule has 0 aliphatic carbocycles. The van der Waals surface area contributed by atoms with E-state index < -0.39 is 20.7 Å². The number of esters is 2. The van der Waals surface area contributed by atoms with Crippen molar-refractivity contribution in [1.29, 1.82) is 0 Å². The van der Waals surface area contributed by atoms with Gasteiger partial charge in [0.15, 0.2) is 0 Å².